The highest BCUT2D eigenvalue weighted by atomic mass is 33.1. The lowest BCUT2D eigenvalue weighted by atomic mass is 9.88. The Labute approximate surface area is 130 Å². The van der Waals surface area contributed by atoms with Crippen molar-refractivity contribution in [3.8, 4) is 5.75 Å². The molecule has 1 aromatic rings. The van der Waals surface area contributed by atoms with Gasteiger partial charge in [0, 0.05) is 31.7 Å². The van der Waals surface area contributed by atoms with Gasteiger partial charge in [-0.1, -0.05) is 23.8 Å². The number of hydrogen-bond donors (Lipinski definition) is 1. The molecule has 2 heterocycles. The van der Waals surface area contributed by atoms with Crippen LogP contribution in [0.4, 0.5) is 13.2 Å². The highest BCUT2D eigenvalue weighted by molar-refractivity contribution is 8.67. The highest BCUT2D eigenvalue weighted by Gasteiger charge is 2.44. The van der Waals surface area contributed by atoms with Crippen molar-refractivity contribution in [2.45, 2.75) is 31.4 Å². The molecule has 1 aromatic carbocycles. The Bertz CT molecular complexity index is 485. The molecule has 3 nitrogen and oxygen atoms in total. The second-order valence-electron chi connectivity index (χ2n) is 5.34. The topological polar surface area (TPSA) is 15.7 Å². The van der Waals surface area contributed by atoms with E-state index in [1.54, 1.807) is 12.1 Å². The van der Waals surface area contributed by atoms with E-state index in [1.165, 1.54) is 29.5 Å². The van der Waals surface area contributed by atoms with Crippen LogP contribution in [0.2, 0.25) is 0 Å². The number of piperidine rings is 1. The van der Waals surface area contributed by atoms with Gasteiger partial charge in [-0.05, 0) is 35.1 Å². The molecule has 0 N–H and O–H groups in total. The molecule has 2 bridgehead atoms. The van der Waals surface area contributed by atoms with E-state index in [2.05, 4.69) is 25.6 Å². The van der Waals surface area contributed by atoms with Crippen LogP contribution in [-0.4, -0.2) is 40.7 Å². The summed E-state index contributed by atoms with van der Waals surface area (Å²) in [6.07, 6.45) is -3.44. The van der Waals surface area contributed by atoms with Gasteiger partial charge >= 0.3 is 6.36 Å². The zero-order chi connectivity index (χ0) is 15.0. The molecule has 0 spiro atoms. The Morgan fingerprint density at radius 1 is 1.19 bits per heavy atom. The molecule has 2 aliphatic rings. The second kappa shape index (κ2) is 5.91. The number of fused-ring (bicyclic) bond motifs is 2. The molecule has 21 heavy (non-hydrogen) atoms. The largest absolute Gasteiger partial charge is 0.573 e. The Kier molecular flexibility index (Phi) is 4.31. The van der Waals surface area contributed by atoms with Crippen molar-refractivity contribution < 1.29 is 17.9 Å². The monoisotopic (exact) mass is 336 g/mol. The second-order valence-corrected chi connectivity index (χ2v) is 6.51. The molecule has 2 atom stereocenters. The number of likely N-dealkylation sites (tertiary alicyclic amines) is 1. The number of nitrogens with zero attached hydrogens (tertiary/aromatic N) is 2. The van der Waals surface area contributed by atoms with Crippen LogP contribution in [-0.2, 0) is 6.54 Å². The summed E-state index contributed by atoms with van der Waals surface area (Å²) in [5.74, 6) is -0.173. The quantitative estimate of drug-likeness (QED) is 0.515. The normalized spacial score (nSPS) is 26.5. The zero-order valence-electron chi connectivity index (χ0n) is 11.1. The van der Waals surface area contributed by atoms with Crippen molar-refractivity contribution >= 4 is 22.6 Å². The predicted octanol–water partition coefficient (Wildman–Crippen LogP) is 3.34. The molecular weight excluding hydrogens is 321 g/mol. The maximum atomic E-state index is 12.1. The fraction of sp³-hybridized carbons (Fsp3) is 0.538. The molecule has 0 amide bonds. The molecule has 116 valence electrons. The number of ether oxygens (including phenoxy) is 1. The lowest BCUT2D eigenvalue weighted by Gasteiger charge is -2.55. The lowest BCUT2D eigenvalue weighted by Crippen LogP contribution is -2.66. The van der Waals surface area contributed by atoms with E-state index in [0.717, 1.165) is 25.2 Å². The zero-order valence-corrected chi connectivity index (χ0v) is 12.8. The van der Waals surface area contributed by atoms with Gasteiger partial charge in [0.15, 0.2) is 0 Å². The first-order valence-electron chi connectivity index (χ1n) is 6.61. The molecule has 2 aliphatic heterocycles. The number of hydrogen-bond acceptors (Lipinski definition) is 5. The molecule has 3 rings (SSSR count). The highest BCUT2D eigenvalue weighted by Crippen LogP contribution is 2.37. The van der Waals surface area contributed by atoms with Crippen LogP contribution in [0.3, 0.4) is 0 Å². The first-order chi connectivity index (χ1) is 9.94. The van der Waals surface area contributed by atoms with Gasteiger partial charge in [-0.15, -0.1) is 13.2 Å². The van der Waals surface area contributed by atoms with Crippen molar-refractivity contribution in [1.29, 1.82) is 0 Å². The van der Waals surface area contributed by atoms with Crippen LogP contribution in [0.15, 0.2) is 24.3 Å². The number of piperazine rings is 1. The maximum absolute atomic E-state index is 12.1. The fourth-order valence-corrected chi connectivity index (χ4v) is 3.86. The Morgan fingerprint density at radius 3 is 2.33 bits per heavy atom. The Hall–Kier alpha value is -0.570. The molecule has 0 saturated carbocycles. The van der Waals surface area contributed by atoms with E-state index in [-0.39, 0.29) is 5.75 Å². The van der Waals surface area contributed by atoms with Crippen molar-refractivity contribution in [3.05, 3.63) is 29.8 Å². The van der Waals surface area contributed by atoms with E-state index in [1.807, 2.05) is 0 Å². The number of thiol groups is 1. The van der Waals surface area contributed by atoms with Gasteiger partial charge < -0.3 is 4.74 Å². The van der Waals surface area contributed by atoms with Gasteiger partial charge in [-0.25, -0.2) is 4.31 Å². The van der Waals surface area contributed by atoms with Crippen molar-refractivity contribution in [2.24, 2.45) is 0 Å². The summed E-state index contributed by atoms with van der Waals surface area (Å²) >= 11 is 4.22. The third kappa shape index (κ3) is 3.61. The average molecular weight is 336 g/mol. The molecular formula is C13H15F3N2OS2. The minimum Gasteiger partial charge on any atom is -0.406 e. The van der Waals surface area contributed by atoms with Crippen LogP contribution in [0.1, 0.15) is 12.0 Å². The van der Waals surface area contributed by atoms with Crippen LogP contribution in [0.25, 0.3) is 0 Å². The van der Waals surface area contributed by atoms with E-state index >= 15 is 0 Å². The van der Waals surface area contributed by atoms with Crippen molar-refractivity contribution in [2.75, 3.05) is 13.1 Å². The van der Waals surface area contributed by atoms with Gasteiger partial charge in [0.1, 0.15) is 5.75 Å². The van der Waals surface area contributed by atoms with Gasteiger partial charge in [0.05, 0.1) is 0 Å². The number of rotatable bonds is 4. The summed E-state index contributed by atoms with van der Waals surface area (Å²) < 4.78 is 42.4. The molecule has 2 saturated heterocycles. The molecule has 2 unspecified atom stereocenters. The third-order valence-corrected chi connectivity index (χ3v) is 5.17. The van der Waals surface area contributed by atoms with Gasteiger partial charge in [0.25, 0.3) is 0 Å². The first kappa shape index (κ1) is 15.3. The standard InChI is InChI=1S/C13H15F3N2OS2/c14-13(15,16)19-12-3-1-9(2-4-12)6-18-10-5-11(18)8-17(7-10)21-20/h1-4,10-11,20H,5-8H2. The van der Waals surface area contributed by atoms with E-state index in [9.17, 15) is 13.2 Å². The van der Waals surface area contributed by atoms with Crippen LogP contribution in [0.5, 0.6) is 5.75 Å². The Balaban J connectivity index is 1.57. The summed E-state index contributed by atoms with van der Waals surface area (Å²) in [5, 5.41) is 0. The number of benzene rings is 1. The maximum Gasteiger partial charge on any atom is 0.573 e. The molecule has 8 heteroatoms. The third-order valence-electron chi connectivity index (χ3n) is 3.95. The smallest absolute Gasteiger partial charge is 0.406 e. The lowest BCUT2D eigenvalue weighted by molar-refractivity contribution is -0.274. The minimum absolute atomic E-state index is 0.173. The average Bonchev–Trinajstić information content (AvgIpc) is 2.44. The Morgan fingerprint density at radius 2 is 1.81 bits per heavy atom. The van der Waals surface area contributed by atoms with Crippen LogP contribution < -0.4 is 4.74 Å². The molecule has 2 fully saturated rings. The number of halogens is 3. The minimum atomic E-state index is -4.63. The van der Waals surface area contributed by atoms with Crippen molar-refractivity contribution in [1.82, 2.24) is 9.21 Å². The van der Waals surface area contributed by atoms with Crippen LogP contribution in [0, 0.1) is 0 Å². The van der Waals surface area contributed by atoms with Gasteiger partial charge in [-0.3, -0.25) is 4.90 Å². The van der Waals surface area contributed by atoms with Crippen molar-refractivity contribution in [3.63, 3.8) is 0 Å². The fourth-order valence-electron chi connectivity index (χ4n) is 2.98. The summed E-state index contributed by atoms with van der Waals surface area (Å²) in [6, 6.07) is 7.17. The van der Waals surface area contributed by atoms with Gasteiger partial charge in [0.2, 0.25) is 0 Å². The summed E-state index contributed by atoms with van der Waals surface area (Å²) in [4.78, 5) is 2.40. The number of alkyl halides is 3. The summed E-state index contributed by atoms with van der Waals surface area (Å²) in [7, 11) is 1.47. The predicted molar refractivity (Wildman–Crippen MR) is 79.0 cm³/mol. The first-order valence-corrected chi connectivity index (χ1v) is 8.44. The molecule has 0 aromatic heterocycles. The van der Waals surface area contributed by atoms with Crippen LogP contribution >= 0.6 is 22.6 Å². The molecule has 0 radical (unpaired) electrons. The van der Waals surface area contributed by atoms with E-state index < -0.39 is 6.36 Å². The molecule has 0 aliphatic carbocycles. The summed E-state index contributed by atoms with van der Waals surface area (Å²) in [6.45, 7) is 2.74. The van der Waals surface area contributed by atoms with E-state index in [4.69, 9.17) is 0 Å². The van der Waals surface area contributed by atoms with E-state index in [0.29, 0.717) is 12.1 Å². The summed E-state index contributed by atoms with van der Waals surface area (Å²) in [5.41, 5.74) is 1.01. The van der Waals surface area contributed by atoms with Gasteiger partial charge in [-0.2, -0.15) is 0 Å². The SMILES string of the molecule is FC(F)(F)Oc1ccc(CN2C3CC2CN(SS)C3)cc1.